The normalized spacial score (nSPS) is 10.4. The van der Waals surface area contributed by atoms with E-state index in [0.29, 0.717) is 6.42 Å². The molecule has 0 N–H and O–H groups in total. The van der Waals surface area contributed by atoms with Crippen molar-refractivity contribution in [3.05, 3.63) is 65.2 Å². The van der Waals surface area contributed by atoms with Gasteiger partial charge >= 0.3 is 0 Å². The van der Waals surface area contributed by atoms with E-state index in [1.807, 2.05) is 31.2 Å². The monoisotopic (exact) mass is 282 g/mol. The van der Waals surface area contributed by atoms with Gasteiger partial charge in [0.1, 0.15) is 5.75 Å². The van der Waals surface area contributed by atoms with E-state index in [1.54, 1.807) is 7.11 Å². The van der Waals surface area contributed by atoms with E-state index in [1.165, 1.54) is 5.56 Å². The first-order chi connectivity index (χ1) is 10.2. The van der Waals surface area contributed by atoms with Crippen LogP contribution in [0, 0.1) is 6.92 Å². The van der Waals surface area contributed by atoms with Gasteiger partial charge in [0, 0.05) is 12.0 Å². The molecule has 110 valence electrons. The van der Waals surface area contributed by atoms with Gasteiger partial charge in [-0.2, -0.15) is 0 Å². The van der Waals surface area contributed by atoms with Crippen molar-refractivity contribution in [1.29, 1.82) is 0 Å². The molecule has 0 spiro atoms. The van der Waals surface area contributed by atoms with Crippen molar-refractivity contribution in [3.63, 3.8) is 0 Å². The zero-order chi connectivity index (χ0) is 15.1. The molecule has 0 radical (unpaired) electrons. The van der Waals surface area contributed by atoms with Crippen molar-refractivity contribution in [2.24, 2.45) is 0 Å². The summed E-state index contributed by atoms with van der Waals surface area (Å²) in [5.41, 5.74) is 3.13. The maximum absolute atomic E-state index is 12.2. The number of carbonyl (C=O) groups excluding carboxylic acids is 1. The number of unbranched alkanes of at least 4 members (excludes halogenated alkanes) is 1. The van der Waals surface area contributed by atoms with Crippen LogP contribution in [0.2, 0.25) is 0 Å². The Labute approximate surface area is 126 Å². The van der Waals surface area contributed by atoms with Gasteiger partial charge in [-0.15, -0.1) is 0 Å². The second-order valence-electron chi connectivity index (χ2n) is 5.30. The molecule has 0 fully saturated rings. The van der Waals surface area contributed by atoms with Gasteiger partial charge in [0.05, 0.1) is 7.11 Å². The molecule has 0 bridgehead atoms. The number of rotatable bonds is 7. The molecule has 2 rings (SSSR count). The molecule has 0 unspecified atom stereocenters. The van der Waals surface area contributed by atoms with Crippen LogP contribution in [0.5, 0.6) is 5.75 Å². The van der Waals surface area contributed by atoms with Crippen LogP contribution >= 0.6 is 0 Å². The largest absolute Gasteiger partial charge is 0.496 e. The maximum Gasteiger partial charge on any atom is 0.162 e. The average Bonchev–Trinajstić information content (AvgIpc) is 2.52. The minimum absolute atomic E-state index is 0.216. The van der Waals surface area contributed by atoms with Crippen LogP contribution in [-0.4, -0.2) is 12.9 Å². The van der Waals surface area contributed by atoms with Gasteiger partial charge in [-0.25, -0.2) is 0 Å². The van der Waals surface area contributed by atoms with E-state index in [9.17, 15) is 4.79 Å². The molecule has 0 aliphatic heterocycles. The molecule has 0 saturated carbocycles. The molecular weight excluding hydrogens is 260 g/mol. The lowest BCUT2D eigenvalue weighted by molar-refractivity contribution is 0.0979. The number of hydrogen-bond acceptors (Lipinski definition) is 2. The summed E-state index contributed by atoms with van der Waals surface area (Å²) < 4.78 is 5.22. The molecule has 0 aliphatic rings. The summed E-state index contributed by atoms with van der Waals surface area (Å²) in [5, 5.41) is 0. The predicted molar refractivity (Wildman–Crippen MR) is 86.1 cm³/mol. The number of benzene rings is 2. The summed E-state index contributed by atoms with van der Waals surface area (Å²) in [4.78, 5) is 12.2. The Kier molecular flexibility index (Phi) is 5.56. The van der Waals surface area contributed by atoms with Crippen LogP contribution in [0.25, 0.3) is 0 Å². The molecular formula is C19H22O2. The molecule has 2 aromatic rings. The summed E-state index contributed by atoms with van der Waals surface area (Å²) in [5.74, 6) is 1.05. The van der Waals surface area contributed by atoms with Crippen molar-refractivity contribution < 1.29 is 9.53 Å². The predicted octanol–water partition coefficient (Wildman–Crippen LogP) is 4.60. The number of ketones is 1. The van der Waals surface area contributed by atoms with Gasteiger partial charge < -0.3 is 4.74 Å². The Hall–Kier alpha value is -2.09. The molecule has 0 heterocycles. The SMILES string of the molecule is COc1ccc(C(=O)CCCCc2ccccc2)cc1C. The fourth-order valence-corrected chi connectivity index (χ4v) is 2.46. The van der Waals surface area contributed by atoms with Crippen molar-refractivity contribution in [3.8, 4) is 5.75 Å². The van der Waals surface area contributed by atoms with E-state index in [2.05, 4.69) is 24.3 Å². The molecule has 2 heteroatoms. The quantitative estimate of drug-likeness (QED) is 0.548. The summed E-state index contributed by atoms with van der Waals surface area (Å²) in [6, 6.07) is 16.0. The van der Waals surface area contributed by atoms with Crippen molar-refractivity contribution in [1.82, 2.24) is 0 Å². The van der Waals surface area contributed by atoms with Crippen LogP contribution in [0.3, 0.4) is 0 Å². The Morgan fingerprint density at radius 3 is 2.48 bits per heavy atom. The first-order valence-electron chi connectivity index (χ1n) is 7.42. The Morgan fingerprint density at radius 2 is 1.81 bits per heavy atom. The molecule has 0 aromatic heterocycles. The molecule has 0 amide bonds. The van der Waals surface area contributed by atoms with E-state index < -0.39 is 0 Å². The van der Waals surface area contributed by atoms with Crippen LogP contribution in [-0.2, 0) is 6.42 Å². The zero-order valence-corrected chi connectivity index (χ0v) is 12.8. The maximum atomic E-state index is 12.2. The number of aryl methyl sites for hydroxylation is 2. The van der Waals surface area contributed by atoms with Crippen LogP contribution in [0.1, 0.15) is 40.7 Å². The van der Waals surface area contributed by atoms with Crippen molar-refractivity contribution in [2.75, 3.05) is 7.11 Å². The first-order valence-corrected chi connectivity index (χ1v) is 7.42. The number of ether oxygens (including phenoxy) is 1. The van der Waals surface area contributed by atoms with Crippen molar-refractivity contribution in [2.45, 2.75) is 32.6 Å². The summed E-state index contributed by atoms with van der Waals surface area (Å²) in [7, 11) is 1.65. The highest BCUT2D eigenvalue weighted by Crippen LogP contribution is 2.20. The van der Waals surface area contributed by atoms with Crippen molar-refractivity contribution >= 4 is 5.78 Å². The van der Waals surface area contributed by atoms with Gasteiger partial charge in [-0.3, -0.25) is 4.79 Å². The first kappa shape index (κ1) is 15.3. The standard InChI is InChI=1S/C19H22O2/c1-15-14-17(12-13-19(15)21-2)18(20)11-7-6-10-16-8-4-3-5-9-16/h3-5,8-9,12-14H,6-7,10-11H2,1-2H3. The third kappa shape index (κ3) is 4.45. The smallest absolute Gasteiger partial charge is 0.162 e. The number of hydrogen-bond donors (Lipinski definition) is 0. The number of methoxy groups -OCH3 is 1. The lowest BCUT2D eigenvalue weighted by Crippen LogP contribution is -2.00. The second kappa shape index (κ2) is 7.63. The number of carbonyl (C=O) groups is 1. The van der Waals surface area contributed by atoms with Gasteiger partial charge in [0.2, 0.25) is 0 Å². The zero-order valence-electron chi connectivity index (χ0n) is 12.8. The highest BCUT2D eigenvalue weighted by Gasteiger charge is 2.08. The van der Waals surface area contributed by atoms with Gasteiger partial charge in [0.15, 0.2) is 5.78 Å². The Bertz CT molecular complexity index is 588. The molecule has 21 heavy (non-hydrogen) atoms. The van der Waals surface area contributed by atoms with Gasteiger partial charge in [0.25, 0.3) is 0 Å². The Morgan fingerprint density at radius 1 is 1.05 bits per heavy atom. The lowest BCUT2D eigenvalue weighted by Gasteiger charge is -2.07. The highest BCUT2D eigenvalue weighted by atomic mass is 16.5. The van der Waals surface area contributed by atoms with E-state index in [4.69, 9.17) is 4.74 Å². The van der Waals surface area contributed by atoms with Crippen LogP contribution in [0.4, 0.5) is 0 Å². The highest BCUT2D eigenvalue weighted by molar-refractivity contribution is 5.96. The van der Waals surface area contributed by atoms with Gasteiger partial charge in [-0.1, -0.05) is 30.3 Å². The second-order valence-corrected chi connectivity index (χ2v) is 5.30. The summed E-state index contributed by atoms with van der Waals surface area (Å²) in [6.45, 7) is 1.96. The van der Waals surface area contributed by atoms with Gasteiger partial charge in [-0.05, 0) is 55.5 Å². The molecule has 0 aliphatic carbocycles. The van der Waals surface area contributed by atoms with Crippen LogP contribution in [0.15, 0.2) is 48.5 Å². The summed E-state index contributed by atoms with van der Waals surface area (Å²) in [6.07, 6.45) is 3.62. The lowest BCUT2D eigenvalue weighted by atomic mass is 10.0. The molecule has 2 nitrogen and oxygen atoms in total. The third-order valence-corrected chi connectivity index (χ3v) is 3.68. The fourth-order valence-electron chi connectivity index (χ4n) is 2.46. The summed E-state index contributed by atoms with van der Waals surface area (Å²) >= 11 is 0. The molecule has 0 saturated heterocycles. The fraction of sp³-hybridized carbons (Fsp3) is 0.316. The molecule has 2 aromatic carbocycles. The van der Waals surface area contributed by atoms with Crippen LogP contribution < -0.4 is 4.74 Å². The number of Topliss-reactive ketones (excluding diaryl/α,β-unsaturated/α-hetero) is 1. The molecule has 0 atom stereocenters. The minimum Gasteiger partial charge on any atom is -0.496 e. The third-order valence-electron chi connectivity index (χ3n) is 3.68. The Balaban J connectivity index is 1.80. The topological polar surface area (TPSA) is 26.3 Å². The van der Waals surface area contributed by atoms with E-state index in [0.717, 1.165) is 36.1 Å². The van der Waals surface area contributed by atoms with E-state index >= 15 is 0 Å². The van der Waals surface area contributed by atoms with E-state index in [-0.39, 0.29) is 5.78 Å². The minimum atomic E-state index is 0.216. The average molecular weight is 282 g/mol.